The van der Waals surface area contributed by atoms with Crippen molar-refractivity contribution in [3.8, 4) is 23.1 Å². The van der Waals surface area contributed by atoms with Crippen molar-refractivity contribution >= 4 is 11.7 Å². The number of carbonyl (C=O) groups is 1. The van der Waals surface area contributed by atoms with Crippen molar-refractivity contribution in [3.63, 3.8) is 0 Å². The van der Waals surface area contributed by atoms with Gasteiger partial charge in [-0.3, -0.25) is 9.89 Å². The van der Waals surface area contributed by atoms with Gasteiger partial charge in [0.2, 0.25) is 5.91 Å². The summed E-state index contributed by atoms with van der Waals surface area (Å²) in [7, 11) is 1.62. The van der Waals surface area contributed by atoms with E-state index >= 15 is 0 Å². The van der Waals surface area contributed by atoms with Gasteiger partial charge in [-0.15, -0.1) is 0 Å². The first-order valence-corrected chi connectivity index (χ1v) is 8.23. The Morgan fingerprint density at radius 3 is 2.69 bits per heavy atom. The van der Waals surface area contributed by atoms with E-state index in [1.165, 1.54) is 0 Å². The van der Waals surface area contributed by atoms with E-state index in [1.54, 1.807) is 13.2 Å². The summed E-state index contributed by atoms with van der Waals surface area (Å²) in [6, 6.07) is 17.2. The van der Waals surface area contributed by atoms with Crippen LogP contribution in [0.15, 0.2) is 48.5 Å². The number of carbonyl (C=O) groups excluding carboxylic acids is 1. The van der Waals surface area contributed by atoms with Crippen LogP contribution in [-0.2, 0) is 4.79 Å². The summed E-state index contributed by atoms with van der Waals surface area (Å²) in [6.45, 7) is 0. The highest BCUT2D eigenvalue weighted by Crippen LogP contribution is 2.42. The van der Waals surface area contributed by atoms with Gasteiger partial charge in [-0.25, -0.2) is 0 Å². The van der Waals surface area contributed by atoms with Crippen LogP contribution >= 0.6 is 0 Å². The number of nitrogens with zero attached hydrogens (tertiary/aromatic N) is 2. The second-order valence-electron chi connectivity index (χ2n) is 6.09. The minimum absolute atomic E-state index is 0.108. The van der Waals surface area contributed by atoms with Gasteiger partial charge in [0.05, 0.1) is 24.4 Å². The lowest BCUT2D eigenvalue weighted by Crippen LogP contribution is -2.23. The fraction of sp³-hybridized carbons (Fsp3) is 0.150. The minimum Gasteiger partial charge on any atom is -0.497 e. The molecule has 0 radical (unpaired) electrons. The number of aromatic nitrogens is 2. The smallest absolute Gasteiger partial charge is 0.226 e. The van der Waals surface area contributed by atoms with Crippen LogP contribution in [0.1, 0.15) is 29.0 Å². The highest BCUT2D eigenvalue weighted by Gasteiger charge is 2.33. The molecule has 128 valence electrons. The SMILES string of the molecule is COc1ccc(-c2[nH]nc3c2[C@@H](c2ccccc2C#N)CC(=O)N3)cc1. The van der Waals surface area contributed by atoms with Crippen molar-refractivity contribution in [1.29, 1.82) is 5.26 Å². The molecule has 0 saturated heterocycles. The van der Waals surface area contributed by atoms with Gasteiger partial charge in [0.15, 0.2) is 5.82 Å². The molecule has 4 rings (SSSR count). The number of aromatic amines is 1. The number of benzene rings is 2. The molecule has 0 bridgehead atoms. The third-order valence-electron chi connectivity index (χ3n) is 4.64. The highest BCUT2D eigenvalue weighted by atomic mass is 16.5. The second kappa shape index (κ2) is 6.37. The van der Waals surface area contributed by atoms with E-state index in [9.17, 15) is 10.1 Å². The molecule has 0 spiro atoms. The predicted octanol–water partition coefficient (Wildman–Crippen LogP) is 3.43. The van der Waals surface area contributed by atoms with Crippen molar-refractivity contribution in [2.45, 2.75) is 12.3 Å². The van der Waals surface area contributed by atoms with Crippen LogP contribution in [0.2, 0.25) is 0 Å². The Kier molecular flexibility index (Phi) is 3.90. The van der Waals surface area contributed by atoms with E-state index in [2.05, 4.69) is 21.6 Å². The van der Waals surface area contributed by atoms with Gasteiger partial charge in [0.25, 0.3) is 0 Å². The number of ether oxygens (including phenoxy) is 1. The van der Waals surface area contributed by atoms with Gasteiger partial charge in [-0.2, -0.15) is 10.4 Å². The van der Waals surface area contributed by atoms with Crippen molar-refractivity contribution in [2.24, 2.45) is 0 Å². The maximum atomic E-state index is 12.2. The molecule has 2 heterocycles. The van der Waals surface area contributed by atoms with Gasteiger partial charge in [0, 0.05) is 23.5 Å². The average molecular weight is 344 g/mol. The van der Waals surface area contributed by atoms with Crippen LogP contribution in [0.3, 0.4) is 0 Å². The molecule has 3 aromatic rings. The normalized spacial score (nSPS) is 15.7. The number of methoxy groups -OCH3 is 1. The lowest BCUT2D eigenvalue weighted by atomic mass is 9.82. The Bertz CT molecular complexity index is 1020. The standard InChI is InChI=1S/C20H16N4O2/c1-26-14-8-6-12(7-9-14)19-18-16(10-17(25)22-20(18)24-23-19)15-5-3-2-4-13(15)11-21/h2-9,16H,10H2,1H3,(H2,22,23,24,25)/t16-/m1/s1. The number of hydrogen-bond acceptors (Lipinski definition) is 4. The molecule has 1 amide bonds. The molecule has 1 aromatic heterocycles. The predicted molar refractivity (Wildman–Crippen MR) is 96.8 cm³/mol. The topological polar surface area (TPSA) is 90.8 Å². The third-order valence-corrected chi connectivity index (χ3v) is 4.64. The van der Waals surface area contributed by atoms with Gasteiger partial charge in [0.1, 0.15) is 5.75 Å². The molecular weight excluding hydrogens is 328 g/mol. The van der Waals surface area contributed by atoms with Gasteiger partial charge < -0.3 is 10.1 Å². The zero-order valence-electron chi connectivity index (χ0n) is 14.1. The van der Waals surface area contributed by atoms with Crippen LogP contribution in [0.5, 0.6) is 5.75 Å². The first kappa shape index (κ1) is 15.9. The van der Waals surface area contributed by atoms with Crippen molar-refractivity contribution in [2.75, 3.05) is 12.4 Å². The summed E-state index contributed by atoms with van der Waals surface area (Å²) in [6.07, 6.45) is 0.272. The number of H-pyrrole nitrogens is 1. The van der Waals surface area contributed by atoms with E-state index < -0.39 is 0 Å². The summed E-state index contributed by atoms with van der Waals surface area (Å²) in [4.78, 5) is 12.2. The van der Waals surface area contributed by atoms with Crippen molar-refractivity contribution < 1.29 is 9.53 Å². The number of nitriles is 1. The Labute approximate surface area is 150 Å². The van der Waals surface area contributed by atoms with E-state index in [4.69, 9.17) is 4.74 Å². The van der Waals surface area contributed by atoms with Crippen LogP contribution < -0.4 is 10.1 Å². The van der Waals surface area contributed by atoms with E-state index in [1.807, 2.05) is 42.5 Å². The zero-order chi connectivity index (χ0) is 18.1. The Morgan fingerprint density at radius 1 is 1.19 bits per heavy atom. The molecule has 0 aliphatic carbocycles. The molecular formula is C20H16N4O2. The first-order chi connectivity index (χ1) is 12.7. The van der Waals surface area contributed by atoms with Crippen molar-refractivity contribution in [1.82, 2.24) is 10.2 Å². The van der Waals surface area contributed by atoms with E-state index in [0.29, 0.717) is 11.4 Å². The van der Waals surface area contributed by atoms with Gasteiger partial charge >= 0.3 is 0 Å². The summed E-state index contributed by atoms with van der Waals surface area (Å²) >= 11 is 0. The monoisotopic (exact) mass is 344 g/mol. The number of fused-ring (bicyclic) bond motifs is 1. The van der Waals surface area contributed by atoms with Crippen LogP contribution in [0.4, 0.5) is 5.82 Å². The largest absolute Gasteiger partial charge is 0.497 e. The molecule has 6 nitrogen and oxygen atoms in total. The van der Waals surface area contributed by atoms with E-state index in [-0.39, 0.29) is 18.2 Å². The molecule has 0 unspecified atom stereocenters. The lowest BCUT2D eigenvalue weighted by Gasteiger charge is -2.24. The van der Waals surface area contributed by atoms with Gasteiger partial charge in [-0.1, -0.05) is 18.2 Å². The molecule has 26 heavy (non-hydrogen) atoms. The maximum absolute atomic E-state index is 12.2. The average Bonchev–Trinajstić information content (AvgIpc) is 3.11. The number of rotatable bonds is 3. The fourth-order valence-electron chi connectivity index (χ4n) is 3.40. The summed E-state index contributed by atoms with van der Waals surface area (Å²) < 4.78 is 5.22. The number of nitrogens with one attached hydrogen (secondary N) is 2. The molecule has 0 saturated carbocycles. The third kappa shape index (κ3) is 2.60. The summed E-state index contributed by atoms with van der Waals surface area (Å²) in [5.74, 6) is 0.945. The quantitative estimate of drug-likeness (QED) is 0.761. The molecule has 6 heteroatoms. The number of hydrogen-bond donors (Lipinski definition) is 2. The van der Waals surface area contributed by atoms with Gasteiger partial charge in [-0.05, 0) is 35.9 Å². The Morgan fingerprint density at radius 2 is 1.96 bits per heavy atom. The molecule has 0 fully saturated rings. The van der Waals surface area contributed by atoms with Crippen molar-refractivity contribution in [3.05, 3.63) is 65.2 Å². The number of amides is 1. The molecule has 2 aromatic carbocycles. The van der Waals surface area contributed by atoms with Crippen LogP contribution in [0, 0.1) is 11.3 Å². The zero-order valence-corrected chi connectivity index (χ0v) is 14.1. The highest BCUT2D eigenvalue weighted by molar-refractivity contribution is 5.96. The fourth-order valence-corrected chi connectivity index (χ4v) is 3.40. The molecule has 1 atom stereocenters. The first-order valence-electron chi connectivity index (χ1n) is 8.23. The van der Waals surface area contributed by atoms with Crippen LogP contribution in [-0.4, -0.2) is 23.2 Å². The lowest BCUT2D eigenvalue weighted by molar-refractivity contribution is -0.116. The summed E-state index contributed by atoms with van der Waals surface area (Å²) in [5, 5.41) is 19.6. The summed E-state index contributed by atoms with van der Waals surface area (Å²) in [5.41, 5.74) is 4.08. The molecule has 2 N–H and O–H groups in total. The molecule has 1 aliphatic heterocycles. The number of anilines is 1. The molecule has 1 aliphatic rings. The van der Waals surface area contributed by atoms with Crippen LogP contribution in [0.25, 0.3) is 11.3 Å². The second-order valence-corrected chi connectivity index (χ2v) is 6.09. The Hall–Kier alpha value is -3.59. The minimum atomic E-state index is -0.231. The van der Waals surface area contributed by atoms with E-state index in [0.717, 1.165) is 28.1 Å². The maximum Gasteiger partial charge on any atom is 0.226 e. The Balaban J connectivity index is 1.87.